The number of hydrogen-bond acceptors (Lipinski definition) is 5. The quantitative estimate of drug-likeness (QED) is 0.530. The maximum Gasteiger partial charge on any atom is 0.108 e. The van der Waals surface area contributed by atoms with E-state index in [0.29, 0.717) is 0 Å². The van der Waals surface area contributed by atoms with E-state index >= 15 is 0 Å². The van der Waals surface area contributed by atoms with E-state index in [1.165, 1.54) is 11.3 Å². The maximum atomic E-state index is 9.47. The molecule has 0 spiro atoms. The van der Waals surface area contributed by atoms with Crippen LogP contribution in [-0.4, -0.2) is 45.3 Å². The molecule has 14 heavy (non-hydrogen) atoms. The normalized spacial score (nSPS) is 17.7. The zero-order valence-electron chi connectivity index (χ0n) is 7.58. The van der Waals surface area contributed by atoms with Crippen molar-refractivity contribution in [1.29, 1.82) is 0 Å². The molecule has 0 aliphatic rings. The van der Waals surface area contributed by atoms with Gasteiger partial charge in [0.05, 0.1) is 12.7 Å². The Morgan fingerprint density at radius 1 is 1.21 bits per heavy atom. The lowest BCUT2D eigenvalue weighted by atomic mass is 10.0. The highest BCUT2D eigenvalue weighted by Crippen LogP contribution is 2.11. The average molecular weight is 218 g/mol. The summed E-state index contributed by atoms with van der Waals surface area (Å²) in [7, 11) is 0. The molecule has 0 aromatic carbocycles. The van der Waals surface area contributed by atoms with Gasteiger partial charge in [-0.3, -0.25) is 0 Å². The summed E-state index contributed by atoms with van der Waals surface area (Å²) in [6.07, 6.45) is -3.36. The second-order valence-corrected chi connectivity index (χ2v) is 3.92. The predicted molar refractivity (Wildman–Crippen MR) is 53.1 cm³/mol. The van der Waals surface area contributed by atoms with Gasteiger partial charge in [0.15, 0.2) is 0 Å². The molecule has 0 amide bonds. The lowest BCUT2D eigenvalue weighted by molar-refractivity contribution is -0.0755. The molecule has 0 saturated heterocycles. The van der Waals surface area contributed by atoms with Crippen molar-refractivity contribution in [1.82, 2.24) is 0 Å². The highest BCUT2D eigenvalue weighted by molar-refractivity contribution is 7.07. The van der Waals surface area contributed by atoms with E-state index in [2.05, 4.69) is 0 Å². The van der Waals surface area contributed by atoms with E-state index in [4.69, 9.17) is 10.2 Å². The molecule has 3 unspecified atom stereocenters. The minimum Gasteiger partial charge on any atom is -0.394 e. The molecular weight excluding hydrogens is 204 g/mol. The summed E-state index contributed by atoms with van der Waals surface area (Å²) < 4.78 is 0. The van der Waals surface area contributed by atoms with Gasteiger partial charge in [-0.1, -0.05) is 0 Å². The Morgan fingerprint density at radius 2 is 1.93 bits per heavy atom. The summed E-state index contributed by atoms with van der Waals surface area (Å²) in [4.78, 5) is 0. The number of hydrogen-bond donors (Lipinski definition) is 4. The Labute approximate surface area is 86.1 Å². The largest absolute Gasteiger partial charge is 0.394 e. The Kier molecular flexibility index (Phi) is 4.50. The van der Waals surface area contributed by atoms with Crippen LogP contribution in [0.1, 0.15) is 5.56 Å². The fourth-order valence-electron chi connectivity index (χ4n) is 1.14. The summed E-state index contributed by atoms with van der Waals surface area (Å²) in [5.74, 6) is 0. The van der Waals surface area contributed by atoms with Crippen LogP contribution in [0.5, 0.6) is 0 Å². The lowest BCUT2D eigenvalue weighted by Crippen LogP contribution is -2.40. The van der Waals surface area contributed by atoms with Crippen LogP contribution >= 0.6 is 11.3 Å². The van der Waals surface area contributed by atoms with Gasteiger partial charge in [0.25, 0.3) is 0 Å². The van der Waals surface area contributed by atoms with E-state index in [0.717, 1.165) is 5.56 Å². The number of thiophene rings is 1. The molecule has 1 rings (SSSR count). The molecule has 0 saturated carbocycles. The second kappa shape index (κ2) is 5.43. The molecule has 5 heteroatoms. The molecule has 1 heterocycles. The van der Waals surface area contributed by atoms with Gasteiger partial charge in [-0.2, -0.15) is 11.3 Å². The Hall–Kier alpha value is -0.460. The molecule has 1 aromatic rings. The van der Waals surface area contributed by atoms with Gasteiger partial charge in [0.2, 0.25) is 0 Å². The Morgan fingerprint density at radius 3 is 2.43 bits per heavy atom. The first-order valence-electron chi connectivity index (χ1n) is 4.31. The lowest BCUT2D eigenvalue weighted by Gasteiger charge is -2.20. The van der Waals surface area contributed by atoms with Crippen molar-refractivity contribution >= 4 is 11.3 Å². The van der Waals surface area contributed by atoms with E-state index in [9.17, 15) is 10.2 Å². The molecule has 80 valence electrons. The van der Waals surface area contributed by atoms with Crippen molar-refractivity contribution in [2.75, 3.05) is 6.61 Å². The van der Waals surface area contributed by atoms with Crippen molar-refractivity contribution < 1.29 is 20.4 Å². The standard InChI is InChI=1S/C9H14O4S/c10-4-8(12)9(13)7(11)3-6-1-2-14-5-6/h1-2,5,7-13H,3-4H2. The third-order valence-corrected chi connectivity index (χ3v) is 2.73. The summed E-state index contributed by atoms with van der Waals surface area (Å²) in [6.45, 7) is -0.554. The third-order valence-electron chi connectivity index (χ3n) is 2.00. The third kappa shape index (κ3) is 3.04. The SMILES string of the molecule is OCC(O)C(O)C(O)Cc1ccsc1. The van der Waals surface area contributed by atoms with Gasteiger partial charge in [-0.15, -0.1) is 0 Å². The predicted octanol–water partition coefficient (Wildman–Crippen LogP) is -0.634. The first-order chi connectivity index (χ1) is 6.65. The van der Waals surface area contributed by atoms with Crippen molar-refractivity contribution in [3.05, 3.63) is 22.4 Å². The highest BCUT2D eigenvalue weighted by Gasteiger charge is 2.24. The van der Waals surface area contributed by atoms with Crippen LogP contribution in [0.15, 0.2) is 16.8 Å². The average Bonchev–Trinajstić information content (AvgIpc) is 2.68. The first-order valence-corrected chi connectivity index (χ1v) is 5.25. The summed E-state index contributed by atoms with van der Waals surface area (Å²) in [6, 6.07) is 1.84. The van der Waals surface area contributed by atoms with Gasteiger partial charge in [-0.25, -0.2) is 0 Å². The number of rotatable bonds is 5. The zero-order chi connectivity index (χ0) is 10.6. The molecule has 0 fully saturated rings. The van der Waals surface area contributed by atoms with Gasteiger partial charge in [0, 0.05) is 6.42 Å². The summed E-state index contributed by atoms with van der Waals surface area (Å²) >= 11 is 1.50. The van der Waals surface area contributed by atoms with Crippen molar-refractivity contribution in [3.8, 4) is 0 Å². The topological polar surface area (TPSA) is 80.9 Å². The van der Waals surface area contributed by atoms with Gasteiger partial charge in [-0.05, 0) is 22.4 Å². The van der Waals surface area contributed by atoms with Crippen LogP contribution in [0.25, 0.3) is 0 Å². The van der Waals surface area contributed by atoms with Crippen LogP contribution in [0.2, 0.25) is 0 Å². The first kappa shape index (κ1) is 11.6. The number of aliphatic hydroxyl groups excluding tert-OH is 4. The summed E-state index contributed by atoms with van der Waals surface area (Å²) in [5.41, 5.74) is 0.909. The minimum absolute atomic E-state index is 0.279. The van der Waals surface area contributed by atoms with Crippen molar-refractivity contribution in [2.45, 2.75) is 24.7 Å². The second-order valence-electron chi connectivity index (χ2n) is 3.14. The zero-order valence-corrected chi connectivity index (χ0v) is 8.39. The van der Waals surface area contributed by atoms with E-state index in [1.54, 1.807) is 0 Å². The molecule has 0 aliphatic heterocycles. The van der Waals surface area contributed by atoms with E-state index in [1.807, 2.05) is 16.8 Å². The molecular formula is C9H14O4S. The molecule has 0 aliphatic carbocycles. The van der Waals surface area contributed by atoms with Crippen molar-refractivity contribution in [3.63, 3.8) is 0 Å². The molecule has 4 N–H and O–H groups in total. The molecule has 0 radical (unpaired) electrons. The molecule has 1 aromatic heterocycles. The van der Waals surface area contributed by atoms with Crippen LogP contribution in [-0.2, 0) is 6.42 Å². The van der Waals surface area contributed by atoms with Crippen LogP contribution < -0.4 is 0 Å². The fraction of sp³-hybridized carbons (Fsp3) is 0.556. The Bertz CT molecular complexity index is 249. The molecule has 3 atom stereocenters. The Balaban J connectivity index is 2.45. The van der Waals surface area contributed by atoms with E-state index in [-0.39, 0.29) is 6.42 Å². The maximum absolute atomic E-state index is 9.47. The van der Waals surface area contributed by atoms with E-state index < -0.39 is 24.9 Å². The van der Waals surface area contributed by atoms with Crippen LogP contribution in [0, 0.1) is 0 Å². The van der Waals surface area contributed by atoms with Crippen LogP contribution in [0.3, 0.4) is 0 Å². The summed E-state index contributed by atoms with van der Waals surface area (Å²) in [5, 5.41) is 40.2. The number of aliphatic hydroxyl groups is 4. The van der Waals surface area contributed by atoms with Crippen molar-refractivity contribution in [2.24, 2.45) is 0 Å². The van der Waals surface area contributed by atoms with Gasteiger partial charge < -0.3 is 20.4 Å². The fourth-order valence-corrected chi connectivity index (χ4v) is 1.82. The minimum atomic E-state index is -1.31. The van der Waals surface area contributed by atoms with Gasteiger partial charge >= 0.3 is 0 Å². The molecule has 0 bridgehead atoms. The smallest absolute Gasteiger partial charge is 0.108 e. The highest BCUT2D eigenvalue weighted by atomic mass is 32.1. The van der Waals surface area contributed by atoms with Gasteiger partial charge in [0.1, 0.15) is 12.2 Å². The molecule has 4 nitrogen and oxygen atoms in total. The van der Waals surface area contributed by atoms with Crippen LogP contribution in [0.4, 0.5) is 0 Å². The monoisotopic (exact) mass is 218 g/mol.